The van der Waals surface area contributed by atoms with Crippen LogP contribution in [0.25, 0.3) is 0 Å². The van der Waals surface area contributed by atoms with Gasteiger partial charge in [-0.15, -0.1) is 0 Å². The predicted molar refractivity (Wildman–Crippen MR) is 110 cm³/mol. The van der Waals surface area contributed by atoms with Crippen molar-refractivity contribution < 1.29 is 14.3 Å². The molecule has 0 saturated carbocycles. The summed E-state index contributed by atoms with van der Waals surface area (Å²) in [4.78, 5) is 30.3. The number of nitrogens with one attached hydrogen (secondary N) is 1. The van der Waals surface area contributed by atoms with Crippen molar-refractivity contribution in [1.29, 1.82) is 0 Å². The smallest absolute Gasteiger partial charge is 0.336 e. The number of esters is 1. The van der Waals surface area contributed by atoms with E-state index in [9.17, 15) is 9.59 Å². The number of pyridine rings is 1. The van der Waals surface area contributed by atoms with Crippen LogP contribution in [0.15, 0.2) is 77.4 Å². The van der Waals surface area contributed by atoms with Gasteiger partial charge in [-0.2, -0.15) is 0 Å². The fourth-order valence-corrected chi connectivity index (χ4v) is 4.36. The molecule has 2 aliphatic rings. The molecule has 1 aliphatic heterocycles. The van der Waals surface area contributed by atoms with E-state index in [4.69, 9.17) is 4.74 Å². The van der Waals surface area contributed by atoms with Gasteiger partial charge in [0, 0.05) is 41.7 Å². The van der Waals surface area contributed by atoms with Crippen LogP contribution in [0.5, 0.6) is 0 Å². The molecule has 0 amide bonds. The largest absolute Gasteiger partial charge is 0.463 e. The minimum Gasteiger partial charge on any atom is -0.463 e. The standard InChI is InChI=1S/C24H24N2O3/c1-3-29-24(28)21-15(2)26-19-12-18(16-8-5-4-6-9-16)13-20(27)23(19)22(21)17-10-7-11-25-14-17/h4-11,14,18,22,26H,3,12-13H2,1-2H3. The molecule has 0 spiro atoms. The lowest BCUT2D eigenvalue weighted by molar-refractivity contribution is -0.138. The lowest BCUT2D eigenvalue weighted by atomic mass is 9.72. The van der Waals surface area contributed by atoms with Crippen molar-refractivity contribution in [3.63, 3.8) is 0 Å². The number of hydrogen-bond acceptors (Lipinski definition) is 5. The molecule has 5 heteroatoms. The van der Waals surface area contributed by atoms with E-state index in [0.29, 0.717) is 17.6 Å². The molecule has 2 atom stereocenters. The number of allylic oxidation sites excluding steroid dienone is 3. The molecule has 1 aromatic carbocycles. The number of carbonyl (C=O) groups excluding carboxylic acids is 2. The Bertz CT molecular complexity index is 993. The second kappa shape index (κ2) is 8.03. The number of ether oxygens (including phenoxy) is 1. The van der Waals surface area contributed by atoms with Crippen molar-refractivity contribution in [1.82, 2.24) is 10.3 Å². The molecule has 1 N–H and O–H groups in total. The van der Waals surface area contributed by atoms with Gasteiger partial charge in [0.05, 0.1) is 12.2 Å². The minimum absolute atomic E-state index is 0.0655. The molecule has 1 aliphatic carbocycles. The topological polar surface area (TPSA) is 68.3 Å². The molecule has 0 bridgehead atoms. The molecule has 2 aromatic rings. The molecule has 5 nitrogen and oxygen atoms in total. The van der Waals surface area contributed by atoms with Crippen molar-refractivity contribution in [2.75, 3.05) is 6.61 Å². The molecule has 0 fully saturated rings. The highest BCUT2D eigenvalue weighted by Gasteiger charge is 2.41. The Labute approximate surface area is 170 Å². The summed E-state index contributed by atoms with van der Waals surface area (Å²) < 4.78 is 5.32. The third kappa shape index (κ3) is 3.60. The average Bonchev–Trinajstić information content (AvgIpc) is 2.74. The molecule has 0 saturated heterocycles. The minimum atomic E-state index is -0.455. The van der Waals surface area contributed by atoms with E-state index >= 15 is 0 Å². The van der Waals surface area contributed by atoms with E-state index in [1.165, 1.54) is 0 Å². The van der Waals surface area contributed by atoms with Gasteiger partial charge in [0.15, 0.2) is 5.78 Å². The predicted octanol–water partition coefficient (Wildman–Crippen LogP) is 4.01. The fraction of sp³-hybridized carbons (Fsp3) is 0.292. The number of rotatable bonds is 4. The second-order valence-electron chi connectivity index (χ2n) is 7.43. The molecule has 148 valence electrons. The number of benzene rings is 1. The zero-order valence-electron chi connectivity index (χ0n) is 16.6. The highest BCUT2D eigenvalue weighted by atomic mass is 16.5. The summed E-state index contributed by atoms with van der Waals surface area (Å²) in [5, 5.41) is 3.35. The van der Waals surface area contributed by atoms with Gasteiger partial charge in [0.25, 0.3) is 0 Å². The van der Waals surface area contributed by atoms with Crippen LogP contribution in [0.3, 0.4) is 0 Å². The first kappa shape index (κ1) is 19.1. The third-order valence-corrected chi connectivity index (χ3v) is 5.61. The Kier molecular flexibility index (Phi) is 5.30. The van der Waals surface area contributed by atoms with E-state index in [0.717, 1.165) is 28.9 Å². The Hall–Kier alpha value is -3.21. The molecule has 2 unspecified atom stereocenters. The summed E-state index contributed by atoms with van der Waals surface area (Å²) in [6.45, 7) is 3.94. The molecular weight excluding hydrogens is 364 g/mol. The Balaban J connectivity index is 1.79. The van der Waals surface area contributed by atoms with Gasteiger partial charge >= 0.3 is 5.97 Å². The number of hydrogen-bond donors (Lipinski definition) is 1. The molecule has 0 radical (unpaired) electrons. The fourth-order valence-electron chi connectivity index (χ4n) is 4.36. The van der Waals surface area contributed by atoms with Gasteiger partial charge in [-0.05, 0) is 43.4 Å². The van der Waals surface area contributed by atoms with Crippen molar-refractivity contribution >= 4 is 11.8 Å². The normalized spacial score (nSPS) is 21.5. The van der Waals surface area contributed by atoms with Crippen LogP contribution in [0, 0.1) is 0 Å². The van der Waals surface area contributed by atoms with E-state index < -0.39 is 11.9 Å². The quantitative estimate of drug-likeness (QED) is 0.802. The molecule has 1 aromatic heterocycles. The van der Waals surface area contributed by atoms with Crippen molar-refractivity contribution in [2.24, 2.45) is 0 Å². The highest BCUT2D eigenvalue weighted by Crippen LogP contribution is 2.45. The summed E-state index contributed by atoms with van der Waals surface area (Å²) in [6.07, 6.45) is 4.57. The second-order valence-corrected chi connectivity index (χ2v) is 7.43. The summed E-state index contributed by atoms with van der Waals surface area (Å²) in [5.41, 5.74) is 4.77. The van der Waals surface area contributed by atoms with Crippen LogP contribution in [-0.4, -0.2) is 23.3 Å². The Morgan fingerprint density at radius 3 is 2.59 bits per heavy atom. The lowest BCUT2D eigenvalue weighted by Gasteiger charge is -2.36. The van der Waals surface area contributed by atoms with Gasteiger partial charge in [0.2, 0.25) is 0 Å². The zero-order valence-corrected chi connectivity index (χ0v) is 16.6. The SMILES string of the molecule is CCOC(=O)C1=C(C)NC2=C(C(=O)CC(c3ccccc3)C2)C1c1cccnc1. The maximum atomic E-state index is 13.3. The number of carbonyl (C=O) groups is 2. The molecule has 29 heavy (non-hydrogen) atoms. The van der Waals surface area contributed by atoms with Crippen LogP contribution in [-0.2, 0) is 14.3 Å². The number of Topliss-reactive ketones (excluding diaryl/α,β-unsaturated/α-hetero) is 1. The molecular formula is C24H24N2O3. The van der Waals surface area contributed by atoms with Crippen LogP contribution in [0.1, 0.15) is 49.7 Å². The van der Waals surface area contributed by atoms with Gasteiger partial charge in [-0.25, -0.2) is 4.79 Å². The molecule has 2 heterocycles. The number of dihydropyridines is 1. The van der Waals surface area contributed by atoms with Crippen molar-refractivity contribution in [3.8, 4) is 0 Å². The van der Waals surface area contributed by atoms with Gasteiger partial charge in [-0.3, -0.25) is 9.78 Å². The van der Waals surface area contributed by atoms with Gasteiger partial charge in [-0.1, -0.05) is 36.4 Å². The van der Waals surface area contributed by atoms with Gasteiger partial charge < -0.3 is 10.1 Å². The van der Waals surface area contributed by atoms with Crippen LogP contribution in [0.4, 0.5) is 0 Å². The van der Waals surface area contributed by atoms with Crippen molar-refractivity contribution in [3.05, 3.63) is 88.5 Å². The van der Waals surface area contributed by atoms with E-state index in [-0.39, 0.29) is 18.3 Å². The lowest BCUT2D eigenvalue weighted by Crippen LogP contribution is -2.36. The first-order valence-electron chi connectivity index (χ1n) is 9.96. The summed E-state index contributed by atoms with van der Waals surface area (Å²) in [5.74, 6) is -0.656. The first-order valence-corrected chi connectivity index (χ1v) is 9.96. The highest BCUT2D eigenvalue weighted by molar-refractivity contribution is 6.04. The maximum Gasteiger partial charge on any atom is 0.336 e. The molecule has 4 rings (SSSR count). The number of nitrogens with zero attached hydrogens (tertiary/aromatic N) is 1. The summed E-state index contributed by atoms with van der Waals surface area (Å²) >= 11 is 0. The average molecular weight is 388 g/mol. The first-order chi connectivity index (χ1) is 14.1. The zero-order chi connectivity index (χ0) is 20.4. The summed E-state index contributed by atoms with van der Waals surface area (Å²) in [6, 6.07) is 13.9. The van der Waals surface area contributed by atoms with E-state index in [1.54, 1.807) is 19.3 Å². The summed E-state index contributed by atoms with van der Waals surface area (Å²) in [7, 11) is 0. The van der Waals surface area contributed by atoms with Crippen LogP contribution in [0.2, 0.25) is 0 Å². The Morgan fingerprint density at radius 2 is 1.90 bits per heavy atom. The van der Waals surface area contributed by atoms with Crippen LogP contribution < -0.4 is 5.32 Å². The van der Waals surface area contributed by atoms with E-state index in [1.807, 2.05) is 37.3 Å². The monoisotopic (exact) mass is 388 g/mol. The van der Waals surface area contributed by atoms with E-state index in [2.05, 4.69) is 22.4 Å². The van der Waals surface area contributed by atoms with Crippen LogP contribution >= 0.6 is 0 Å². The Morgan fingerprint density at radius 1 is 1.14 bits per heavy atom. The number of aromatic nitrogens is 1. The third-order valence-electron chi connectivity index (χ3n) is 5.61. The number of ketones is 1. The maximum absolute atomic E-state index is 13.3. The van der Waals surface area contributed by atoms with Crippen molar-refractivity contribution in [2.45, 2.75) is 38.5 Å². The van der Waals surface area contributed by atoms with Gasteiger partial charge in [0.1, 0.15) is 0 Å².